The minimum absolute atomic E-state index is 0.0216. The van der Waals surface area contributed by atoms with Crippen molar-refractivity contribution >= 4 is 5.69 Å². The summed E-state index contributed by atoms with van der Waals surface area (Å²) >= 11 is 0. The van der Waals surface area contributed by atoms with Crippen molar-refractivity contribution < 1.29 is 4.39 Å². The van der Waals surface area contributed by atoms with Gasteiger partial charge in [-0.25, -0.2) is 4.39 Å². The molecule has 1 aromatic rings. The maximum Gasteiger partial charge on any atom is 0.125 e. The molecule has 0 amide bonds. The number of hydrogen-bond donors (Lipinski definition) is 1. The van der Waals surface area contributed by atoms with Crippen molar-refractivity contribution in [1.82, 2.24) is 0 Å². The number of anilines is 1. The Morgan fingerprint density at radius 3 is 2.62 bits per heavy atom. The van der Waals surface area contributed by atoms with Crippen LogP contribution in [0.5, 0.6) is 0 Å². The second-order valence-electron chi connectivity index (χ2n) is 3.87. The fourth-order valence-electron chi connectivity index (χ4n) is 1.05. The van der Waals surface area contributed by atoms with Crippen LogP contribution >= 0.6 is 0 Å². The van der Waals surface area contributed by atoms with Crippen molar-refractivity contribution in [3.8, 4) is 0 Å². The van der Waals surface area contributed by atoms with Crippen molar-refractivity contribution in [2.24, 2.45) is 0 Å². The summed E-state index contributed by atoms with van der Waals surface area (Å²) in [5.41, 5.74) is 0.861. The van der Waals surface area contributed by atoms with Crippen LogP contribution in [0.3, 0.4) is 0 Å². The quantitative estimate of drug-likeness (QED) is 0.753. The standard InChI is InChI=1S/C11H16FN/c1-4-11(2,3)13-10-7-5-6-9(12)8-10/h5-8,13H,4H2,1-3H3. The Hall–Kier alpha value is -1.05. The number of benzene rings is 1. The molecular formula is C11H16FN. The van der Waals surface area contributed by atoms with E-state index in [0.717, 1.165) is 12.1 Å². The molecule has 0 bridgehead atoms. The lowest BCUT2D eigenvalue weighted by molar-refractivity contribution is 0.546. The van der Waals surface area contributed by atoms with Gasteiger partial charge in [0.25, 0.3) is 0 Å². The van der Waals surface area contributed by atoms with E-state index in [0.29, 0.717) is 0 Å². The molecule has 0 heterocycles. The molecule has 1 aromatic carbocycles. The van der Waals surface area contributed by atoms with E-state index in [2.05, 4.69) is 26.1 Å². The first-order valence-corrected chi connectivity index (χ1v) is 4.57. The van der Waals surface area contributed by atoms with Gasteiger partial charge in [-0.05, 0) is 38.5 Å². The summed E-state index contributed by atoms with van der Waals surface area (Å²) in [6.07, 6.45) is 1.00. The monoisotopic (exact) mass is 181 g/mol. The number of nitrogens with one attached hydrogen (secondary N) is 1. The van der Waals surface area contributed by atoms with Gasteiger partial charge in [-0.3, -0.25) is 0 Å². The predicted octanol–water partition coefficient (Wildman–Crippen LogP) is 3.43. The van der Waals surface area contributed by atoms with E-state index in [1.54, 1.807) is 6.07 Å². The summed E-state index contributed by atoms with van der Waals surface area (Å²) in [5, 5.41) is 3.27. The largest absolute Gasteiger partial charge is 0.380 e. The summed E-state index contributed by atoms with van der Waals surface area (Å²) < 4.78 is 12.8. The molecule has 0 aliphatic carbocycles. The Kier molecular flexibility index (Phi) is 2.91. The van der Waals surface area contributed by atoms with Crippen molar-refractivity contribution in [3.05, 3.63) is 30.1 Å². The Bertz CT molecular complexity index is 281. The average Bonchev–Trinajstić information content (AvgIpc) is 2.03. The SMILES string of the molecule is CCC(C)(C)Nc1cccc(F)c1. The van der Waals surface area contributed by atoms with E-state index < -0.39 is 0 Å². The van der Waals surface area contributed by atoms with Gasteiger partial charge in [0, 0.05) is 11.2 Å². The fraction of sp³-hybridized carbons (Fsp3) is 0.455. The molecule has 1 nitrogen and oxygen atoms in total. The zero-order valence-corrected chi connectivity index (χ0v) is 8.39. The van der Waals surface area contributed by atoms with Crippen LogP contribution in [0.2, 0.25) is 0 Å². The van der Waals surface area contributed by atoms with Crippen LogP contribution in [0, 0.1) is 5.82 Å². The first kappa shape index (κ1) is 10.0. The Labute approximate surface area is 79.0 Å². The van der Waals surface area contributed by atoms with Crippen LogP contribution in [-0.2, 0) is 0 Å². The summed E-state index contributed by atoms with van der Waals surface area (Å²) in [6.45, 7) is 6.29. The molecule has 1 N–H and O–H groups in total. The molecule has 0 saturated heterocycles. The van der Waals surface area contributed by atoms with E-state index >= 15 is 0 Å². The van der Waals surface area contributed by atoms with Crippen molar-refractivity contribution in [2.75, 3.05) is 5.32 Å². The highest BCUT2D eigenvalue weighted by Gasteiger charge is 2.13. The molecule has 0 saturated carbocycles. The second kappa shape index (κ2) is 3.77. The number of rotatable bonds is 3. The Morgan fingerprint density at radius 1 is 1.38 bits per heavy atom. The molecular weight excluding hydrogens is 165 g/mol. The number of hydrogen-bond acceptors (Lipinski definition) is 1. The van der Waals surface area contributed by atoms with Crippen molar-refractivity contribution in [3.63, 3.8) is 0 Å². The highest BCUT2D eigenvalue weighted by atomic mass is 19.1. The van der Waals surface area contributed by atoms with Gasteiger partial charge in [0.1, 0.15) is 5.82 Å². The zero-order chi connectivity index (χ0) is 9.90. The molecule has 0 atom stereocenters. The highest BCUT2D eigenvalue weighted by Crippen LogP contribution is 2.18. The van der Waals surface area contributed by atoms with Gasteiger partial charge in [0.2, 0.25) is 0 Å². The molecule has 0 radical (unpaired) electrons. The molecule has 1 rings (SSSR count). The van der Waals surface area contributed by atoms with Crippen LogP contribution in [0.1, 0.15) is 27.2 Å². The van der Waals surface area contributed by atoms with Crippen molar-refractivity contribution in [1.29, 1.82) is 0 Å². The Morgan fingerprint density at radius 2 is 2.08 bits per heavy atom. The van der Waals surface area contributed by atoms with Crippen LogP contribution in [0.25, 0.3) is 0 Å². The summed E-state index contributed by atoms with van der Waals surface area (Å²) in [5.74, 6) is -0.197. The van der Waals surface area contributed by atoms with Crippen molar-refractivity contribution in [2.45, 2.75) is 32.7 Å². The predicted molar refractivity (Wildman–Crippen MR) is 54.4 cm³/mol. The van der Waals surface area contributed by atoms with E-state index in [4.69, 9.17) is 0 Å². The fourth-order valence-corrected chi connectivity index (χ4v) is 1.05. The summed E-state index contributed by atoms with van der Waals surface area (Å²) in [6, 6.07) is 6.55. The van der Waals surface area contributed by atoms with Gasteiger partial charge in [0.15, 0.2) is 0 Å². The second-order valence-corrected chi connectivity index (χ2v) is 3.87. The average molecular weight is 181 g/mol. The topological polar surface area (TPSA) is 12.0 Å². The van der Waals surface area contributed by atoms with Crippen LogP contribution < -0.4 is 5.32 Å². The molecule has 0 aliphatic rings. The molecule has 0 spiro atoms. The normalized spacial score (nSPS) is 11.4. The lowest BCUT2D eigenvalue weighted by Crippen LogP contribution is -2.29. The van der Waals surface area contributed by atoms with Crippen LogP contribution in [0.15, 0.2) is 24.3 Å². The lowest BCUT2D eigenvalue weighted by atomic mass is 10.0. The van der Waals surface area contributed by atoms with E-state index in [9.17, 15) is 4.39 Å². The van der Waals surface area contributed by atoms with Gasteiger partial charge < -0.3 is 5.32 Å². The maximum atomic E-state index is 12.8. The van der Waals surface area contributed by atoms with Crippen LogP contribution in [-0.4, -0.2) is 5.54 Å². The first-order chi connectivity index (χ1) is 6.03. The number of halogens is 1. The minimum atomic E-state index is -0.197. The van der Waals surface area contributed by atoms with Gasteiger partial charge in [0.05, 0.1) is 0 Å². The first-order valence-electron chi connectivity index (χ1n) is 4.57. The maximum absolute atomic E-state index is 12.8. The third kappa shape index (κ3) is 3.05. The van der Waals surface area contributed by atoms with Gasteiger partial charge >= 0.3 is 0 Å². The molecule has 2 heteroatoms. The van der Waals surface area contributed by atoms with Gasteiger partial charge in [-0.15, -0.1) is 0 Å². The van der Waals surface area contributed by atoms with E-state index in [1.807, 2.05) is 6.07 Å². The molecule has 72 valence electrons. The van der Waals surface area contributed by atoms with Gasteiger partial charge in [-0.1, -0.05) is 13.0 Å². The summed E-state index contributed by atoms with van der Waals surface area (Å²) in [7, 11) is 0. The molecule has 0 unspecified atom stereocenters. The van der Waals surface area contributed by atoms with Crippen LogP contribution in [0.4, 0.5) is 10.1 Å². The van der Waals surface area contributed by atoms with E-state index in [-0.39, 0.29) is 11.4 Å². The third-order valence-corrected chi connectivity index (χ3v) is 2.19. The van der Waals surface area contributed by atoms with E-state index in [1.165, 1.54) is 12.1 Å². The summed E-state index contributed by atoms with van der Waals surface area (Å²) in [4.78, 5) is 0. The highest BCUT2D eigenvalue weighted by molar-refractivity contribution is 5.45. The molecule has 0 fully saturated rings. The molecule has 13 heavy (non-hydrogen) atoms. The molecule has 0 aromatic heterocycles. The Balaban J connectivity index is 2.74. The lowest BCUT2D eigenvalue weighted by Gasteiger charge is -2.25. The smallest absolute Gasteiger partial charge is 0.125 e. The third-order valence-electron chi connectivity index (χ3n) is 2.19. The molecule has 0 aliphatic heterocycles. The minimum Gasteiger partial charge on any atom is -0.380 e. The zero-order valence-electron chi connectivity index (χ0n) is 8.39. The van der Waals surface area contributed by atoms with Gasteiger partial charge in [-0.2, -0.15) is 0 Å².